The van der Waals surface area contributed by atoms with Gasteiger partial charge in [-0.3, -0.25) is 4.79 Å². The number of carbonyl (C=O) groups is 1. The van der Waals surface area contributed by atoms with Crippen molar-refractivity contribution in [1.82, 2.24) is 0 Å². The number of hydrogen-bond acceptors (Lipinski definition) is 3. The van der Waals surface area contributed by atoms with Crippen molar-refractivity contribution < 1.29 is 14.3 Å². The lowest BCUT2D eigenvalue weighted by Crippen LogP contribution is -2.47. The van der Waals surface area contributed by atoms with Gasteiger partial charge in [-0.15, -0.1) is 0 Å². The summed E-state index contributed by atoms with van der Waals surface area (Å²) >= 11 is 3.53. The molecule has 2 aliphatic rings. The fourth-order valence-electron chi connectivity index (χ4n) is 3.61. The molecule has 1 aromatic carbocycles. The van der Waals surface area contributed by atoms with Crippen LogP contribution in [0.3, 0.4) is 0 Å². The molecule has 0 N–H and O–H groups in total. The summed E-state index contributed by atoms with van der Waals surface area (Å²) in [4.78, 5) is 11.9. The second kappa shape index (κ2) is 4.76. The Morgan fingerprint density at radius 2 is 2.15 bits per heavy atom. The minimum Gasteiger partial charge on any atom is -0.495 e. The van der Waals surface area contributed by atoms with E-state index in [1.165, 1.54) is 0 Å². The predicted molar refractivity (Wildman–Crippen MR) is 80.5 cm³/mol. The Labute approximate surface area is 127 Å². The number of hydrogen-bond donors (Lipinski definition) is 0. The normalized spacial score (nSPS) is 27.3. The molecule has 0 amide bonds. The first-order valence-electron chi connectivity index (χ1n) is 7.00. The Morgan fingerprint density at radius 1 is 1.40 bits per heavy atom. The van der Waals surface area contributed by atoms with Gasteiger partial charge in [0.1, 0.15) is 22.9 Å². The van der Waals surface area contributed by atoms with Crippen LogP contribution in [0.2, 0.25) is 0 Å². The van der Waals surface area contributed by atoms with E-state index < -0.39 is 0 Å². The van der Waals surface area contributed by atoms with Crippen molar-refractivity contribution in [2.75, 3.05) is 7.11 Å². The van der Waals surface area contributed by atoms with Gasteiger partial charge in [-0.25, -0.2) is 0 Å². The molecule has 1 unspecified atom stereocenters. The molecule has 20 heavy (non-hydrogen) atoms. The van der Waals surface area contributed by atoms with Gasteiger partial charge in [0.2, 0.25) is 0 Å². The quantitative estimate of drug-likeness (QED) is 0.773. The summed E-state index contributed by atoms with van der Waals surface area (Å²) in [5.41, 5.74) is 0.895. The Morgan fingerprint density at radius 3 is 2.85 bits per heavy atom. The van der Waals surface area contributed by atoms with Crippen molar-refractivity contribution in [1.29, 1.82) is 0 Å². The maximum absolute atomic E-state index is 11.9. The van der Waals surface area contributed by atoms with Crippen LogP contribution in [0.25, 0.3) is 0 Å². The lowest BCUT2D eigenvalue weighted by atomic mass is 9.66. The van der Waals surface area contributed by atoms with Gasteiger partial charge in [-0.1, -0.05) is 0 Å². The molecule has 1 aliphatic carbocycles. The van der Waals surface area contributed by atoms with Crippen molar-refractivity contribution in [3.8, 4) is 11.5 Å². The predicted octanol–water partition coefficient (Wildman–Crippen LogP) is 4.08. The van der Waals surface area contributed by atoms with Gasteiger partial charge >= 0.3 is 0 Å². The molecule has 0 bridgehead atoms. The summed E-state index contributed by atoms with van der Waals surface area (Å²) in [5, 5.41) is 0. The van der Waals surface area contributed by atoms with E-state index in [1.54, 1.807) is 7.11 Å². The van der Waals surface area contributed by atoms with Gasteiger partial charge in [0, 0.05) is 30.7 Å². The van der Waals surface area contributed by atoms with Crippen LogP contribution in [0.4, 0.5) is 0 Å². The lowest BCUT2D eigenvalue weighted by molar-refractivity contribution is -0.124. The molecule has 1 aromatic rings. The van der Waals surface area contributed by atoms with E-state index in [1.807, 2.05) is 6.07 Å². The molecular formula is C16H19BrO3. The van der Waals surface area contributed by atoms with Crippen LogP contribution in [0.1, 0.15) is 44.6 Å². The van der Waals surface area contributed by atoms with Crippen LogP contribution in [0.15, 0.2) is 16.6 Å². The number of ether oxygens (including phenoxy) is 2. The zero-order chi connectivity index (χ0) is 14.5. The first kappa shape index (κ1) is 13.9. The number of carbonyl (C=O) groups excluding carboxylic acids is 1. The average molecular weight is 339 g/mol. The molecule has 0 radical (unpaired) electrons. The van der Waals surface area contributed by atoms with Gasteiger partial charge in [0.05, 0.1) is 11.6 Å². The second-order valence-electron chi connectivity index (χ2n) is 6.22. The first-order chi connectivity index (χ1) is 9.42. The molecule has 1 heterocycles. The summed E-state index contributed by atoms with van der Waals surface area (Å²) in [5.74, 6) is 2.64. The average Bonchev–Trinajstić information content (AvgIpc) is 2.38. The van der Waals surface area contributed by atoms with Crippen LogP contribution in [0, 0.1) is 5.92 Å². The maximum atomic E-state index is 11.9. The molecule has 108 valence electrons. The van der Waals surface area contributed by atoms with E-state index in [0.29, 0.717) is 24.5 Å². The van der Waals surface area contributed by atoms with Crippen LogP contribution in [-0.4, -0.2) is 18.5 Å². The molecule has 3 rings (SSSR count). The fourth-order valence-corrected chi connectivity index (χ4v) is 4.13. The van der Waals surface area contributed by atoms with Gasteiger partial charge in [-0.2, -0.15) is 0 Å². The number of ketones is 1. The standard InChI is InChI=1S/C16H19BrO3/c1-16(2)12-5-4-9(18)6-10(12)11-7-13(17)15(19-3)8-14(11)20-16/h7-8,10,12H,4-6H2,1-3H3/t10?,12-/m0/s1. The molecular weight excluding hydrogens is 320 g/mol. The smallest absolute Gasteiger partial charge is 0.136 e. The van der Waals surface area contributed by atoms with Crippen LogP contribution >= 0.6 is 15.9 Å². The van der Waals surface area contributed by atoms with E-state index in [4.69, 9.17) is 9.47 Å². The van der Waals surface area contributed by atoms with Crippen LogP contribution in [0.5, 0.6) is 11.5 Å². The number of Topliss-reactive ketones (excluding diaryl/α,β-unsaturated/α-hetero) is 1. The molecule has 2 atom stereocenters. The molecule has 1 aliphatic heterocycles. The lowest BCUT2D eigenvalue weighted by Gasteiger charge is -2.47. The van der Waals surface area contributed by atoms with Crippen LogP contribution < -0.4 is 9.47 Å². The Balaban J connectivity index is 2.11. The third-order valence-electron chi connectivity index (χ3n) is 4.62. The zero-order valence-corrected chi connectivity index (χ0v) is 13.6. The van der Waals surface area contributed by atoms with Crippen LogP contribution in [-0.2, 0) is 4.79 Å². The van der Waals surface area contributed by atoms with Crippen molar-refractivity contribution in [2.24, 2.45) is 5.92 Å². The summed E-state index contributed by atoms with van der Waals surface area (Å²) in [7, 11) is 1.65. The largest absolute Gasteiger partial charge is 0.495 e. The van der Waals surface area contributed by atoms with Crippen molar-refractivity contribution >= 4 is 21.7 Å². The highest BCUT2D eigenvalue weighted by Crippen LogP contribution is 2.52. The Kier molecular flexibility index (Phi) is 3.32. The number of methoxy groups -OCH3 is 1. The molecule has 1 saturated carbocycles. The summed E-state index contributed by atoms with van der Waals surface area (Å²) in [6.07, 6.45) is 2.23. The molecule has 0 aromatic heterocycles. The minimum absolute atomic E-state index is 0.239. The van der Waals surface area contributed by atoms with E-state index in [-0.39, 0.29) is 11.5 Å². The topological polar surface area (TPSA) is 35.5 Å². The van der Waals surface area contributed by atoms with Gasteiger partial charge in [0.25, 0.3) is 0 Å². The van der Waals surface area contributed by atoms with Gasteiger partial charge in [0.15, 0.2) is 0 Å². The molecule has 0 saturated heterocycles. The van der Waals surface area contributed by atoms with E-state index >= 15 is 0 Å². The van der Waals surface area contributed by atoms with Crippen molar-refractivity contribution in [3.63, 3.8) is 0 Å². The summed E-state index contributed by atoms with van der Waals surface area (Å²) < 4.78 is 12.5. The molecule has 0 spiro atoms. The number of halogens is 1. The molecule has 3 nitrogen and oxygen atoms in total. The highest BCUT2D eigenvalue weighted by atomic mass is 79.9. The number of benzene rings is 1. The molecule has 1 fully saturated rings. The minimum atomic E-state index is -0.239. The highest BCUT2D eigenvalue weighted by molar-refractivity contribution is 9.10. The summed E-state index contributed by atoms with van der Waals surface area (Å²) in [6.45, 7) is 4.25. The fraction of sp³-hybridized carbons (Fsp3) is 0.562. The zero-order valence-electron chi connectivity index (χ0n) is 12.0. The van der Waals surface area contributed by atoms with Crippen molar-refractivity contribution in [2.45, 2.75) is 44.6 Å². The third kappa shape index (κ3) is 2.14. The van der Waals surface area contributed by atoms with E-state index in [0.717, 1.165) is 28.0 Å². The van der Waals surface area contributed by atoms with E-state index in [9.17, 15) is 4.79 Å². The number of rotatable bonds is 1. The monoisotopic (exact) mass is 338 g/mol. The Hall–Kier alpha value is -1.03. The van der Waals surface area contributed by atoms with Gasteiger partial charge < -0.3 is 9.47 Å². The van der Waals surface area contributed by atoms with Gasteiger partial charge in [-0.05, 0) is 47.8 Å². The third-order valence-corrected chi connectivity index (χ3v) is 5.24. The first-order valence-corrected chi connectivity index (χ1v) is 7.80. The number of fused-ring (bicyclic) bond motifs is 3. The highest BCUT2D eigenvalue weighted by Gasteiger charge is 2.46. The van der Waals surface area contributed by atoms with E-state index in [2.05, 4.69) is 35.8 Å². The maximum Gasteiger partial charge on any atom is 0.136 e. The molecule has 4 heteroatoms. The Bertz CT molecular complexity index is 565. The second-order valence-corrected chi connectivity index (χ2v) is 7.08. The summed E-state index contributed by atoms with van der Waals surface area (Å²) in [6, 6.07) is 3.98. The SMILES string of the molecule is COc1cc2c(cc1Br)C1CC(=O)CC[C@@H]1C(C)(C)O2. The van der Waals surface area contributed by atoms with Crippen molar-refractivity contribution in [3.05, 3.63) is 22.2 Å².